The van der Waals surface area contributed by atoms with Crippen molar-refractivity contribution in [1.82, 2.24) is 24.6 Å². The molecule has 0 saturated heterocycles. The molecule has 4 rings (SSSR count). The molecule has 6 nitrogen and oxygen atoms in total. The van der Waals surface area contributed by atoms with Gasteiger partial charge in [-0.3, -0.25) is 14.3 Å². The third-order valence-corrected chi connectivity index (χ3v) is 6.10. The number of nitrogens with zero attached hydrogens (tertiary/aromatic N) is 5. The first-order chi connectivity index (χ1) is 16.0. The molecule has 33 heavy (non-hydrogen) atoms. The summed E-state index contributed by atoms with van der Waals surface area (Å²) in [6, 6.07) is 18.2. The van der Waals surface area contributed by atoms with E-state index in [4.69, 9.17) is 0 Å². The smallest absolute Gasteiger partial charge is 0.233 e. The Hall–Kier alpha value is -3.52. The van der Waals surface area contributed by atoms with Crippen molar-refractivity contribution >= 4 is 17.7 Å². The minimum atomic E-state index is -0.305. The summed E-state index contributed by atoms with van der Waals surface area (Å²) >= 11 is 1.34. The van der Waals surface area contributed by atoms with Crippen LogP contribution in [0.15, 0.2) is 78.2 Å². The van der Waals surface area contributed by atoms with Crippen LogP contribution in [0.4, 0.5) is 4.39 Å². The number of rotatable bonds is 8. The van der Waals surface area contributed by atoms with E-state index >= 15 is 0 Å². The molecule has 0 spiro atoms. The van der Waals surface area contributed by atoms with E-state index in [0.29, 0.717) is 24.1 Å². The van der Waals surface area contributed by atoms with Gasteiger partial charge in [-0.2, -0.15) is 0 Å². The fraction of sp³-hybridized carbons (Fsp3) is 0.200. The molecule has 0 aliphatic carbocycles. The highest BCUT2D eigenvalue weighted by Crippen LogP contribution is 2.28. The summed E-state index contributed by atoms with van der Waals surface area (Å²) in [5.41, 5.74) is 3.72. The molecule has 4 aromatic rings. The normalized spacial score (nSPS) is 10.9. The lowest BCUT2D eigenvalue weighted by Gasteiger charge is -2.21. The molecule has 1 amide bonds. The Balaban J connectivity index is 1.56. The average Bonchev–Trinajstić information content (AvgIpc) is 3.26. The molecule has 2 aromatic carbocycles. The van der Waals surface area contributed by atoms with Crippen LogP contribution < -0.4 is 0 Å². The molecule has 0 bridgehead atoms. The minimum Gasteiger partial charge on any atom is -0.338 e. The monoisotopic (exact) mass is 461 g/mol. The number of hydrogen-bond donors (Lipinski definition) is 0. The van der Waals surface area contributed by atoms with E-state index in [2.05, 4.69) is 15.2 Å². The van der Waals surface area contributed by atoms with Crippen molar-refractivity contribution in [3.8, 4) is 17.1 Å². The van der Waals surface area contributed by atoms with Gasteiger partial charge in [-0.05, 0) is 55.8 Å². The molecular weight excluding hydrogens is 437 g/mol. The molecule has 168 valence electrons. The molecule has 2 heterocycles. The number of carbonyl (C=O) groups excluding carboxylic acids is 1. The fourth-order valence-corrected chi connectivity index (χ4v) is 4.28. The van der Waals surface area contributed by atoms with Gasteiger partial charge in [0.2, 0.25) is 5.91 Å². The molecule has 0 unspecified atom stereocenters. The third-order valence-electron chi connectivity index (χ3n) is 5.19. The predicted octanol–water partition coefficient (Wildman–Crippen LogP) is 4.92. The first kappa shape index (κ1) is 22.7. The lowest BCUT2D eigenvalue weighted by Crippen LogP contribution is -2.31. The maximum atomic E-state index is 13.5. The Labute approximate surface area is 196 Å². The Morgan fingerprint density at radius 3 is 2.52 bits per heavy atom. The van der Waals surface area contributed by atoms with Crippen molar-refractivity contribution in [3.05, 3.63) is 90.0 Å². The van der Waals surface area contributed by atoms with E-state index in [1.54, 1.807) is 23.4 Å². The zero-order chi connectivity index (χ0) is 23.2. The van der Waals surface area contributed by atoms with Gasteiger partial charge in [0.15, 0.2) is 11.0 Å². The Morgan fingerprint density at radius 1 is 1.06 bits per heavy atom. The average molecular weight is 462 g/mol. The van der Waals surface area contributed by atoms with Gasteiger partial charge in [0.25, 0.3) is 0 Å². The maximum Gasteiger partial charge on any atom is 0.233 e. The Morgan fingerprint density at radius 2 is 1.82 bits per heavy atom. The van der Waals surface area contributed by atoms with Gasteiger partial charge in [-0.25, -0.2) is 4.39 Å². The zero-order valence-corrected chi connectivity index (χ0v) is 19.3. The standard InChI is InChI=1S/C25H24FN5OS/c1-3-30(16-19-5-4-6-21(26)15-19)23(32)17-33-25-29-28-24(20-11-13-27-14-12-20)31(25)22-9-7-18(2)8-10-22/h4-15H,3,16-17H2,1-2H3. The van der Waals surface area contributed by atoms with Crippen LogP contribution in [0.2, 0.25) is 0 Å². The van der Waals surface area contributed by atoms with Crippen molar-refractivity contribution in [1.29, 1.82) is 0 Å². The summed E-state index contributed by atoms with van der Waals surface area (Å²) in [7, 11) is 0. The molecule has 0 saturated carbocycles. The number of carbonyl (C=O) groups is 1. The number of hydrogen-bond acceptors (Lipinski definition) is 5. The molecular formula is C25H24FN5OS. The van der Waals surface area contributed by atoms with Gasteiger partial charge >= 0.3 is 0 Å². The van der Waals surface area contributed by atoms with Gasteiger partial charge < -0.3 is 4.90 Å². The fourth-order valence-electron chi connectivity index (χ4n) is 3.43. The molecule has 2 aromatic heterocycles. The number of thioether (sulfide) groups is 1. The molecule has 0 aliphatic heterocycles. The lowest BCUT2D eigenvalue weighted by atomic mass is 10.2. The summed E-state index contributed by atoms with van der Waals surface area (Å²) in [6.45, 7) is 4.84. The van der Waals surface area contributed by atoms with Gasteiger partial charge in [-0.15, -0.1) is 10.2 Å². The lowest BCUT2D eigenvalue weighted by molar-refractivity contribution is -0.128. The van der Waals surface area contributed by atoms with Crippen molar-refractivity contribution in [2.75, 3.05) is 12.3 Å². The second kappa shape index (κ2) is 10.4. The number of benzene rings is 2. The van der Waals surface area contributed by atoms with Crippen LogP contribution in [0.5, 0.6) is 0 Å². The quantitative estimate of drug-likeness (QED) is 0.349. The second-order valence-electron chi connectivity index (χ2n) is 7.54. The Bertz CT molecular complexity index is 1230. The van der Waals surface area contributed by atoms with Gasteiger partial charge in [-0.1, -0.05) is 41.6 Å². The van der Waals surface area contributed by atoms with Crippen LogP contribution in [0.3, 0.4) is 0 Å². The Kier molecular flexibility index (Phi) is 7.14. The van der Waals surface area contributed by atoms with Crippen LogP contribution in [0, 0.1) is 12.7 Å². The molecule has 8 heteroatoms. The molecule has 0 aliphatic rings. The number of halogens is 1. The van der Waals surface area contributed by atoms with Crippen LogP contribution >= 0.6 is 11.8 Å². The number of pyridine rings is 1. The van der Waals surface area contributed by atoms with Crippen molar-refractivity contribution in [2.45, 2.75) is 25.5 Å². The molecule has 0 fully saturated rings. The SMILES string of the molecule is CCN(Cc1cccc(F)c1)C(=O)CSc1nnc(-c2ccncc2)n1-c1ccc(C)cc1. The summed E-state index contributed by atoms with van der Waals surface area (Å²) in [6.07, 6.45) is 3.43. The topological polar surface area (TPSA) is 63.9 Å². The van der Waals surface area contributed by atoms with Crippen LogP contribution in [-0.2, 0) is 11.3 Å². The highest BCUT2D eigenvalue weighted by atomic mass is 32.2. The number of aromatic nitrogens is 4. The van der Waals surface area contributed by atoms with Crippen LogP contribution in [-0.4, -0.2) is 42.9 Å². The summed E-state index contributed by atoms with van der Waals surface area (Å²) in [4.78, 5) is 18.7. The van der Waals surface area contributed by atoms with E-state index in [9.17, 15) is 9.18 Å². The largest absolute Gasteiger partial charge is 0.338 e. The summed E-state index contributed by atoms with van der Waals surface area (Å²) < 4.78 is 15.5. The van der Waals surface area contributed by atoms with E-state index in [1.807, 2.05) is 60.9 Å². The zero-order valence-electron chi connectivity index (χ0n) is 18.5. The maximum absolute atomic E-state index is 13.5. The van der Waals surface area contributed by atoms with Crippen LogP contribution in [0.1, 0.15) is 18.1 Å². The first-order valence-electron chi connectivity index (χ1n) is 10.6. The highest BCUT2D eigenvalue weighted by molar-refractivity contribution is 7.99. The summed E-state index contributed by atoms with van der Waals surface area (Å²) in [5, 5.41) is 9.41. The minimum absolute atomic E-state index is 0.0457. The van der Waals surface area contributed by atoms with Crippen molar-refractivity contribution in [2.24, 2.45) is 0 Å². The predicted molar refractivity (Wildman–Crippen MR) is 128 cm³/mol. The van der Waals surface area contributed by atoms with Crippen molar-refractivity contribution in [3.63, 3.8) is 0 Å². The number of amides is 1. The first-order valence-corrected chi connectivity index (χ1v) is 11.6. The van der Waals surface area contributed by atoms with Crippen LogP contribution in [0.25, 0.3) is 17.1 Å². The van der Waals surface area contributed by atoms with Gasteiger partial charge in [0, 0.05) is 36.7 Å². The van der Waals surface area contributed by atoms with Crippen molar-refractivity contribution < 1.29 is 9.18 Å². The van der Waals surface area contributed by atoms with E-state index < -0.39 is 0 Å². The van der Waals surface area contributed by atoms with Gasteiger partial charge in [0.1, 0.15) is 5.82 Å². The second-order valence-corrected chi connectivity index (χ2v) is 8.48. The van der Waals surface area contributed by atoms with E-state index in [1.165, 1.54) is 23.9 Å². The summed E-state index contributed by atoms with van der Waals surface area (Å²) in [5.74, 6) is 0.531. The van der Waals surface area contributed by atoms with E-state index in [0.717, 1.165) is 22.4 Å². The number of aryl methyl sites for hydroxylation is 1. The van der Waals surface area contributed by atoms with E-state index in [-0.39, 0.29) is 17.5 Å². The highest BCUT2D eigenvalue weighted by Gasteiger charge is 2.19. The molecule has 0 atom stereocenters. The molecule has 0 radical (unpaired) electrons. The molecule has 0 N–H and O–H groups in total. The third kappa shape index (κ3) is 5.46. The van der Waals surface area contributed by atoms with Gasteiger partial charge in [0.05, 0.1) is 5.75 Å².